The maximum atomic E-state index is 12.8. The molecule has 0 radical (unpaired) electrons. The molecule has 168 valence electrons. The van der Waals surface area contributed by atoms with Crippen LogP contribution in [-0.4, -0.2) is 29.8 Å². The topological polar surface area (TPSA) is 77.4 Å². The third-order valence-electron chi connectivity index (χ3n) is 6.61. The first-order valence-corrected chi connectivity index (χ1v) is 11.8. The van der Waals surface area contributed by atoms with E-state index < -0.39 is 0 Å². The fourth-order valence-corrected chi connectivity index (χ4v) is 6.09. The Morgan fingerprint density at radius 3 is 2.55 bits per heavy atom. The molecule has 2 aliphatic carbocycles. The minimum Gasteiger partial charge on any atom is -0.486 e. The van der Waals surface area contributed by atoms with Crippen LogP contribution in [0, 0.1) is 23.7 Å². The van der Waals surface area contributed by atoms with E-state index in [1.807, 2.05) is 18.2 Å². The van der Waals surface area contributed by atoms with E-state index in [1.54, 1.807) is 12.1 Å². The molecule has 1 saturated carbocycles. The molecule has 0 spiro atoms. The summed E-state index contributed by atoms with van der Waals surface area (Å²) in [6.45, 7) is 0.506. The number of hydrazone groups is 1. The summed E-state index contributed by atoms with van der Waals surface area (Å²) in [4.78, 5) is 25.5. The van der Waals surface area contributed by atoms with Crippen LogP contribution in [0.5, 0.6) is 17.2 Å². The number of carbonyl (C=O) groups is 2. The van der Waals surface area contributed by atoms with Crippen molar-refractivity contribution in [3.63, 3.8) is 0 Å². The van der Waals surface area contributed by atoms with E-state index in [2.05, 4.69) is 33.2 Å². The highest BCUT2D eigenvalue weighted by molar-refractivity contribution is 9.10. The molecule has 2 aromatic rings. The average molecular weight is 530 g/mol. The SMILES string of the molecule is O=C1[C@@H]2[C@H](C(=O)N1N=Cc1cc(Cl)c(OCc3ccc4c(c3)OCO4)c(Br)c1)[C@H]1C=C[C@H]2C1. The van der Waals surface area contributed by atoms with Crippen LogP contribution < -0.4 is 14.2 Å². The monoisotopic (exact) mass is 528 g/mol. The third kappa shape index (κ3) is 3.43. The van der Waals surface area contributed by atoms with Crippen molar-refractivity contribution in [3.05, 3.63) is 63.1 Å². The Bertz CT molecular complexity index is 1190. The van der Waals surface area contributed by atoms with Crippen molar-refractivity contribution in [3.8, 4) is 17.2 Å². The zero-order valence-electron chi connectivity index (χ0n) is 17.2. The largest absolute Gasteiger partial charge is 0.486 e. The Morgan fingerprint density at radius 2 is 1.82 bits per heavy atom. The molecular weight excluding hydrogens is 512 g/mol. The van der Waals surface area contributed by atoms with E-state index in [4.69, 9.17) is 25.8 Å². The maximum Gasteiger partial charge on any atom is 0.254 e. The van der Waals surface area contributed by atoms with E-state index in [1.165, 1.54) is 6.21 Å². The van der Waals surface area contributed by atoms with Crippen molar-refractivity contribution in [2.24, 2.45) is 28.8 Å². The highest BCUT2D eigenvalue weighted by Crippen LogP contribution is 2.52. The minimum absolute atomic E-state index is 0.154. The summed E-state index contributed by atoms with van der Waals surface area (Å²) in [6, 6.07) is 9.07. The molecule has 2 fully saturated rings. The molecule has 2 heterocycles. The van der Waals surface area contributed by atoms with Gasteiger partial charge in [0.2, 0.25) is 6.79 Å². The van der Waals surface area contributed by atoms with Crippen LogP contribution in [0.2, 0.25) is 5.02 Å². The number of allylic oxidation sites excluding steroid dienone is 2. The Morgan fingerprint density at radius 1 is 1.09 bits per heavy atom. The van der Waals surface area contributed by atoms with E-state index in [0.29, 0.717) is 38.9 Å². The normalized spacial score (nSPS) is 26.7. The van der Waals surface area contributed by atoms with Gasteiger partial charge in [0, 0.05) is 0 Å². The van der Waals surface area contributed by atoms with Crippen LogP contribution in [0.3, 0.4) is 0 Å². The quantitative estimate of drug-likeness (QED) is 0.323. The Hall–Kier alpha value is -2.84. The van der Waals surface area contributed by atoms with Crippen molar-refractivity contribution in [1.29, 1.82) is 0 Å². The fraction of sp³-hybridized carbons (Fsp3) is 0.292. The number of fused-ring (bicyclic) bond motifs is 6. The van der Waals surface area contributed by atoms with Crippen molar-refractivity contribution in [1.82, 2.24) is 5.01 Å². The lowest BCUT2D eigenvalue weighted by molar-refractivity contribution is -0.140. The molecule has 0 aromatic heterocycles. The lowest BCUT2D eigenvalue weighted by Crippen LogP contribution is -2.28. The van der Waals surface area contributed by atoms with Crippen molar-refractivity contribution in [2.45, 2.75) is 13.0 Å². The zero-order chi connectivity index (χ0) is 22.7. The van der Waals surface area contributed by atoms with Crippen LogP contribution in [-0.2, 0) is 16.2 Å². The van der Waals surface area contributed by atoms with Crippen molar-refractivity contribution in [2.75, 3.05) is 6.79 Å². The lowest BCUT2D eigenvalue weighted by atomic mass is 9.85. The molecule has 7 nitrogen and oxygen atoms in total. The molecule has 4 atom stereocenters. The number of rotatable bonds is 5. The van der Waals surface area contributed by atoms with Gasteiger partial charge < -0.3 is 14.2 Å². The van der Waals surface area contributed by atoms with Gasteiger partial charge in [0.1, 0.15) is 6.61 Å². The van der Waals surface area contributed by atoms with Gasteiger partial charge in [-0.2, -0.15) is 10.1 Å². The van der Waals surface area contributed by atoms with Gasteiger partial charge in [-0.1, -0.05) is 29.8 Å². The second-order valence-corrected chi connectivity index (χ2v) is 9.78. The van der Waals surface area contributed by atoms with E-state index >= 15 is 0 Å². The average Bonchev–Trinajstić information content (AvgIpc) is 3.56. The number of hydrogen-bond acceptors (Lipinski definition) is 6. The number of benzene rings is 2. The van der Waals surface area contributed by atoms with Crippen molar-refractivity contribution >= 4 is 45.6 Å². The zero-order valence-corrected chi connectivity index (χ0v) is 19.6. The second kappa shape index (κ2) is 7.88. The predicted molar refractivity (Wildman–Crippen MR) is 123 cm³/mol. The van der Waals surface area contributed by atoms with Crippen LogP contribution in [0.15, 0.2) is 52.1 Å². The molecule has 2 bridgehead atoms. The number of amides is 2. The summed E-state index contributed by atoms with van der Waals surface area (Å²) >= 11 is 9.95. The summed E-state index contributed by atoms with van der Waals surface area (Å²) in [5, 5.41) is 5.61. The highest BCUT2D eigenvalue weighted by atomic mass is 79.9. The molecule has 4 aliphatic rings. The molecule has 2 aromatic carbocycles. The first kappa shape index (κ1) is 20.7. The number of imide groups is 1. The smallest absolute Gasteiger partial charge is 0.254 e. The van der Waals surface area contributed by atoms with E-state index in [9.17, 15) is 9.59 Å². The summed E-state index contributed by atoms with van der Waals surface area (Å²) in [7, 11) is 0. The minimum atomic E-state index is -0.271. The Labute approximate surface area is 203 Å². The van der Waals surface area contributed by atoms with Gasteiger partial charge in [-0.3, -0.25) is 9.59 Å². The molecule has 0 unspecified atom stereocenters. The molecule has 6 rings (SSSR count). The van der Waals surface area contributed by atoms with Gasteiger partial charge >= 0.3 is 0 Å². The van der Waals surface area contributed by atoms with E-state index in [-0.39, 0.29) is 42.3 Å². The molecule has 2 amide bonds. The summed E-state index contributed by atoms with van der Waals surface area (Å²) < 4.78 is 17.3. The number of hydrogen-bond donors (Lipinski definition) is 0. The second-order valence-electron chi connectivity index (χ2n) is 8.52. The molecule has 1 saturated heterocycles. The van der Waals surface area contributed by atoms with Crippen LogP contribution in [0.4, 0.5) is 0 Å². The number of nitrogens with zero attached hydrogens (tertiary/aromatic N) is 2. The third-order valence-corrected chi connectivity index (χ3v) is 7.48. The van der Waals surface area contributed by atoms with Gasteiger partial charge in [-0.05, 0) is 69.6 Å². The molecule has 2 aliphatic heterocycles. The molecule has 0 N–H and O–H groups in total. The van der Waals surface area contributed by atoms with Crippen molar-refractivity contribution < 1.29 is 23.8 Å². The van der Waals surface area contributed by atoms with Gasteiger partial charge in [-0.25, -0.2) is 0 Å². The first-order chi connectivity index (χ1) is 16.0. The Kier molecular flexibility index (Phi) is 4.96. The van der Waals surface area contributed by atoms with Gasteiger partial charge in [0.15, 0.2) is 17.2 Å². The van der Waals surface area contributed by atoms with E-state index in [0.717, 1.165) is 17.0 Å². The number of carbonyl (C=O) groups excluding carboxylic acids is 2. The van der Waals surface area contributed by atoms with Gasteiger partial charge in [0.05, 0.1) is 27.5 Å². The standard InChI is InChI=1S/C24H18BrClN2O5/c25-16-5-13(9-27-28-23(29)20-14-2-3-15(8-14)21(20)24(28)30)6-17(26)22(16)31-10-12-1-4-18-19(7-12)33-11-32-18/h1-7,9,14-15,20-21H,8,10-11H2/t14-,15-,20-,21+/m0/s1. The molecular formula is C24H18BrClN2O5. The maximum absolute atomic E-state index is 12.8. The number of ether oxygens (including phenoxy) is 3. The van der Waals surface area contributed by atoms with Crippen LogP contribution in [0.1, 0.15) is 17.5 Å². The Balaban J connectivity index is 1.16. The molecule has 33 heavy (non-hydrogen) atoms. The fourth-order valence-electron chi connectivity index (χ4n) is 5.10. The number of halogens is 2. The highest BCUT2D eigenvalue weighted by Gasteiger charge is 2.59. The summed E-state index contributed by atoms with van der Waals surface area (Å²) in [5.74, 6) is 1.22. The van der Waals surface area contributed by atoms with Gasteiger partial charge in [0.25, 0.3) is 11.8 Å². The summed E-state index contributed by atoms with van der Waals surface area (Å²) in [6.07, 6.45) is 6.48. The summed E-state index contributed by atoms with van der Waals surface area (Å²) in [5.41, 5.74) is 1.55. The van der Waals surface area contributed by atoms with Gasteiger partial charge in [-0.15, -0.1) is 0 Å². The van der Waals surface area contributed by atoms with Crippen LogP contribution in [0.25, 0.3) is 0 Å². The first-order valence-electron chi connectivity index (χ1n) is 10.6. The molecule has 9 heteroatoms. The predicted octanol–water partition coefficient (Wildman–Crippen LogP) is 4.55. The lowest BCUT2D eigenvalue weighted by Gasteiger charge is -2.13. The van der Waals surface area contributed by atoms with Crippen LogP contribution >= 0.6 is 27.5 Å².